The predicted octanol–water partition coefficient (Wildman–Crippen LogP) is 4.43. The van der Waals surface area contributed by atoms with E-state index in [1.165, 1.54) is 27.9 Å². The van der Waals surface area contributed by atoms with Gasteiger partial charge in [0.05, 0.1) is 5.69 Å². The summed E-state index contributed by atoms with van der Waals surface area (Å²) in [5.74, 6) is 0. The third kappa shape index (κ3) is 2.24. The third-order valence-electron chi connectivity index (χ3n) is 4.99. The fraction of sp³-hybridized carbons (Fsp3) is 0.238. The third-order valence-corrected chi connectivity index (χ3v) is 4.99. The van der Waals surface area contributed by atoms with Crippen LogP contribution >= 0.6 is 0 Å². The lowest BCUT2D eigenvalue weighted by atomic mass is 9.76. The molecule has 0 saturated carbocycles. The minimum absolute atomic E-state index is 0.187. The molecule has 24 heavy (non-hydrogen) atoms. The molecule has 4 rings (SSSR count). The van der Waals surface area contributed by atoms with Crippen molar-refractivity contribution in [3.05, 3.63) is 77.6 Å². The maximum Gasteiger partial charge on any atom is 0.104 e. The molecule has 1 aromatic heterocycles. The van der Waals surface area contributed by atoms with E-state index < -0.39 is 0 Å². The van der Waals surface area contributed by atoms with E-state index >= 15 is 0 Å². The number of fused-ring (bicyclic) bond motifs is 3. The van der Waals surface area contributed by atoms with E-state index in [0.29, 0.717) is 0 Å². The van der Waals surface area contributed by atoms with Crippen LogP contribution in [0.5, 0.6) is 0 Å². The van der Waals surface area contributed by atoms with E-state index in [1.807, 2.05) is 6.20 Å². The molecule has 0 spiro atoms. The summed E-state index contributed by atoms with van der Waals surface area (Å²) in [6.45, 7) is 2.29. The summed E-state index contributed by atoms with van der Waals surface area (Å²) in [5, 5.41) is 13.2. The molecular formula is C21H22N2O. The summed E-state index contributed by atoms with van der Waals surface area (Å²) >= 11 is 0. The van der Waals surface area contributed by atoms with Gasteiger partial charge in [-0.2, -0.15) is 0 Å². The zero-order chi connectivity index (χ0) is 16.6. The van der Waals surface area contributed by atoms with Crippen LogP contribution in [0.4, 0.5) is 5.69 Å². The van der Waals surface area contributed by atoms with E-state index in [1.54, 1.807) is 0 Å². The van der Waals surface area contributed by atoms with Crippen LogP contribution in [-0.2, 0) is 5.54 Å². The molecule has 3 aromatic rings. The van der Waals surface area contributed by atoms with Crippen LogP contribution in [0.2, 0.25) is 0 Å². The molecule has 0 aliphatic carbocycles. The molecule has 0 saturated heterocycles. The number of aliphatic hydroxyl groups is 1. The Kier molecular flexibility index (Phi) is 3.66. The Morgan fingerprint density at radius 2 is 1.75 bits per heavy atom. The number of aromatic nitrogens is 1. The first-order valence-corrected chi connectivity index (χ1v) is 8.48. The Bertz CT molecular complexity index is 850. The first-order chi connectivity index (χ1) is 11.7. The first kappa shape index (κ1) is 15.0. The van der Waals surface area contributed by atoms with Gasteiger partial charge in [0.15, 0.2) is 0 Å². The number of benzene rings is 2. The van der Waals surface area contributed by atoms with Crippen molar-refractivity contribution in [1.82, 2.24) is 4.98 Å². The molecule has 0 unspecified atom stereocenters. The van der Waals surface area contributed by atoms with Crippen molar-refractivity contribution in [2.45, 2.75) is 25.3 Å². The van der Waals surface area contributed by atoms with Crippen LogP contribution in [0.15, 0.2) is 60.8 Å². The molecule has 1 aliphatic heterocycles. The smallest absolute Gasteiger partial charge is 0.104 e. The second kappa shape index (κ2) is 5.84. The van der Waals surface area contributed by atoms with Crippen molar-refractivity contribution in [2.75, 3.05) is 11.9 Å². The quantitative estimate of drug-likeness (QED) is 0.666. The van der Waals surface area contributed by atoms with E-state index in [2.05, 4.69) is 71.8 Å². The highest BCUT2D eigenvalue weighted by molar-refractivity contribution is 5.85. The Balaban J connectivity index is 1.93. The summed E-state index contributed by atoms with van der Waals surface area (Å²) in [4.78, 5) is 3.47. The van der Waals surface area contributed by atoms with Gasteiger partial charge in [0.25, 0.3) is 0 Å². The molecule has 0 bridgehead atoms. The molecule has 2 aromatic carbocycles. The fourth-order valence-electron chi connectivity index (χ4n) is 3.80. The number of aryl methyl sites for hydroxylation is 1. The van der Waals surface area contributed by atoms with E-state index in [9.17, 15) is 5.11 Å². The van der Waals surface area contributed by atoms with Crippen molar-refractivity contribution in [2.24, 2.45) is 0 Å². The van der Waals surface area contributed by atoms with Gasteiger partial charge in [0.1, 0.15) is 5.54 Å². The van der Waals surface area contributed by atoms with Gasteiger partial charge < -0.3 is 15.4 Å². The van der Waals surface area contributed by atoms with Crippen molar-refractivity contribution < 1.29 is 5.11 Å². The summed E-state index contributed by atoms with van der Waals surface area (Å²) in [7, 11) is 0. The molecule has 1 aliphatic rings. The van der Waals surface area contributed by atoms with Gasteiger partial charge in [0, 0.05) is 29.6 Å². The Morgan fingerprint density at radius 3 is 2.54 bits per heavy atom. The highest BCUT2D eigenvalue weighted by Crippen LogP contribution is 2.48. The average molecular weight is 318 g/mol. The maximum absolute atomic E-state index is 9.46. The topological polar surface area (TPSA) is 48.0 Å². The van der Waals surface area contributed by atoms with Gasteiger partial charge in [-0.25, -0.2) is 0 Å². The Hall–Kier alpha value is -2.52. The molecule has 0 amide bonds. The maximum atomic E-state index is 9.46. The molecule has 3 N–H and O–H groups in total. The summed E-state index contributed by atoms with van der Waals surface area (Å²) in [6, 6.07) is 19.3. The van der Waals surface area contributed by atoms with Gasteiger partial charge in [-0.15, -0.1) is 0 Å². The van der Waals surface area contributed by atoms with Gasteiger partial charge >= 0.3 is 0 Å². The van der Waals surface area contributed by atoms with Crippen molar-refractivity contribution >= 4 is 5.69 Å². The lowest BCUT2D eigenvalue weighted by Crippen LogP contribution is -2.40. The van der Waals surface area contributed by atoms with Crippen LogP contribution in [0.25, 0.3) is 11.1 Å². The Labute approximate surface area is 142 Å². The van der Waals surface area contributed by atoms with Crippen molar-refractivity contribution in [3.8, 4) is 11.1 Å². The number of para-hydroxylation sites is 1. The van der Waals surface area contributed by atoms with Crippen LogP contribution in [-0.4, -0.2) is 16.7 Å². The monoisotopic (exact) mass is 318 g/mol. The van der Waals surface area contributed by atoms with Crippen LogP contribution in [0.3, 0.4) is 0 Å². The van der Waals surface area contributed by atoms with Crippen molar-refractivity contribution in [3.63, 3.8) is 0 Å². The zero-order valence-electron chi connectivity index (χ0n) is 13.8. The molecular weight excluding hydrogens is 296 g/mol. The number of hydrogen-bond acceptors (Lipinski definition) is 2. The summed E-state index contributed by atoms with van der Waals surface area (Å²) < 4.78 is 0. The standard InChI is InChI=1S/C21H22N2O/c1-15-7-9-16(10-8-15)21(12-4-14-24)20-18(11-13-22-20)17-5-2-3-6-19(17)23-21/h2-3,5-11,13,22-24H,4,12,14H2,1H3/t21-/m0/s1. The molecule has 0 fully saturated rings. The lowest BCUT2D eigenvalue weighted by Gasteiger charge is -2.40. The van der Waals surface area contributed by atoms with Gasteiger partial charge in [0.2, 0.25) is 0 Å². The summed E-state index contributed by atoms with van der Waals surface area (Å²) in [5.41, 5.74) is 6.91. The fourth-order valence-corrected chi connectivity index (χ4v) is 3.80. The molecule has 0 radical (unpaired) electrons. The van der Waals surface area contributed by atoms with Crippen LogP contribution in [0, 0.1) is 6.92 Å². The zero-order valence-corrected chi connectivity index (χ0v) is 13.8. The second-order valence-corrected chi connectivity index (χ2v) is 6.54. The molecule has 2 heterocycles. The number of rotatable bonds is 4. The molecule has 3 nitrogen and oxygen atoms in total. The molecule has 1 atom stereocenters. The highest BCUT2D eigenvalue weighted by atomic mass is 16.2. The number of hydrogen-bond donors (Lipinski definition) is 3. The minimum Gasteiger partial charge on any atom is -0.396 e. The first-order valence-electron chi connectivity index (χ1n) is 8.48. The number of aliphatic hydroxyl groups excluding tert-OH is 1. The van der Waals surface area contributed by atoms with E-state index in [-0.39, 0.29) is 12.1 Å². The van der Waals surface area contributed by atoms with E-state index in [4.69, 9.17) is 0 Å². The molecule has 122 valence electrons. The molecule has 3 heteroatoms. The number of aromatic amines is 1. The largest absolute Gasteiger partial charge is 0.396 e. The second-order valence-electron chi connectivity index (χ2n) is 6.54. The van der Waals surface area contributed by atoms with E-state index in [0.717, 1.165) is 18.5 Å². The number of H-pyrrole nitrogens is 1. The number of anilines is 1. The minimum atomic E-state index is -0.344. The van der Waals surface area contributed by atoms with Gasteiger partial charge in [-0.1, -0.05) is 48.0 Å². The van der Waals surface area contributed by atoms with Crippen LogP contribution < -0.4 is 5.32 Å². The highest BCUT2D eigenvalue weighted by Gasteiger charge is 2.40. The van der Waals surface area contributed by atoms with Gasteiger partial charge in [-0.05, 0) is 37.5 Å². The normalized spacial score (nSPS) is 18.6. The summed E-state index contributed by atoms with van der Waals surface area (Å²) in [6.07, 6.45) is 3.58. The number of nitrogens with one attached hydrogen (secondary N) is 2. The lowest BCUT2D eigenvalue weighted by molar-refractivity contribution is 0.272. The SMILES string of the molecule is Cc1ccc([C@]2(CCCO)Nc3ccccc3-c3cc[nH]c32)cc1. The Morgan fingerprint density at radius 1 is 0.958 bits per heavy atom. The average Bonchev–Trinajstić information content (AvgIpc) is 3.11. The van der Waals surface area contributed by atoms with Gasteiger partial charge in [-0.3, -0.25) is 0 Å². The van der Waals surface area contributed by atoms with Crippen molar-refractivity contribution in [1.29, 1.82) is 0 Å². The van der Waals surface area contributed by atoms with Crippen LogP contribution in [0.1, 0.15) is 29.7 Å². The predicted molar refractivity (Wildman–Crippen MR) is 98.1 cm³/mol.